The SMILES string of the molecule is CCCCCCOc1cccc(NC(=O)CNc2ccc(NC(=O)CC(C)C)cc2)c1. The molecule has 168 valence electrons. The molecule has 3 N–H and O–H groups in total. The Morgan fingerprint density at radius 3 is 2.29 bits per heavy atom. The number of unbranched alkanes of at least 4 members (excludes halogenated alkanes) is 3. The van der Waals surface area contributed by atoms with Crippen LogP contribution in [0, 0.1) is 5.92 Å². The van der Waals surface area contributed by atoms with Gasteiger partial charge in [0, 0.05) is 29.5 Å². The van der Waals surface area contributed by atoms with E-state index in [4.69, 9.17) is 4.74 Å². The highest BCUT2D eigenvalue weighted by Crippen LogP contribution is 2.18. The molecule has 0 saturated heterocycles. The number of ether oxygens (including phenoxy) is 1. The molecule has 0 aliphatic heterocycles. The van der Waals surface area contributed by atoms with Crippen LogP contribution in [0.5, 0.6) is 5.75 Å². The Morgan fingerprint density at radius 2 is 1.58 bits per heavy atom. The molecule has 0 heterocycles. The van der Waals surface area contributed by atoms with Gasteiger partial charge in [-0.3, -0.25) is 9.59 Å². The topological polar surface area (TPSA) is 79.5 Å². The molecular weight excluding hydrogens is 390 g/mol. The largest absolute Gasteiger partial charge is 0.494 e. The fourth-order valence-corrected chi connectivity index (χ4v) is 3.02. The zero-order valence-corrected chi connectivity index (χ0v) is 18.9. The highest BCUT2D eigenvalue weighted by Gasteiger charge is 2.06. The number of carbonyl (C=O) groups excluding carboxylic acids is 2. The van der Waals surface area contributed by atoms with Gasteiger partial charge in [0.1, 0.15) is 5.75 Å². The van der Waals surface area contributed by atoms with Crippen molar-refractivity contribution in [1.29, 1.82) is 0 Å². The zero-order valence-electron chi connectivity index (χ0n) is 18.9. The fourth-order valence-electron chi connectivity index (χ4n) is 3.02. The van der Waals surface area contributed by atoms with E-state index in [2.05, 4.69) is 22.9 Å². The molecule has 0 aromatic heterocycles. The molecular formula is C25H35N3O3. The first-order chi connectivity index (χ1) is 15.0. The summed E-state index contributed by atoms with van der Waals surface area (Å²) in [5.41, 5.74) is 2.26. The molecule has 6 nitrogen and oxygen atoms in total. The van der Waals surface area contributed by atoms with Gasteiger partial charge in [-0.15, -0.1) is 0 Å². The molecule has 0 bridgehead atoms. The standard InChI is InChI=1S/C25H35N3O3/c1-4-5-6-7-15-31-23-10-8-9-22(17-23)28-25(30)18-26-20-11-13-21(14-12-20)27-24(29)16-19(2)3/h8-14,17,19,26H,4-7,15-16,18H2,1-3H3,(H,27,29)(H,28,30). The van der Waals surface area contributed by atoms with Crippen LogP contribution < -0.4 is 20.7 Å². The summed E-state index contributed by atoms with van der Waals surface area (Å²) in [5, 5.41) is 8.84. The van der Waals surface area contributed by atoms with Gasteiger partial charge in [-0.25, -0.2) is 0 Å². The first-order valence-corrected chi connectivity index (χ1v) is 11.1. The van der Waals surface area contributed by atoms with Gasteiger partial charge in [0.15, 0.2) is 0 Å². The number of nitrogens with one attached hydrogen (secondary N) is 3. The molecule has 0 atom stereocenters. The minimum atomic E-state index is -0.144. The van der Waals surface area contributed by atoms with Crippen molar-refractivity contribution in [3.63, 3.8) is 0 Å². The van der Waals surface area contributed by atoms with Gasteiger partial charge in [0.05, 0.1) is 13.2 Å². The maximum absolute atomic E-state index is 12.3. The minimum absolute atomic E-state index is 0.00209. The lowest BCUT2D eigenvalue weighted by molar-refractivity contribution is -0.117. The van der Waals surface area contributed by atoms with Crippen LogP contribution in [0.4, 0.5) is 17.1 Å². The molecule has 2 aromatic rings. The monoisotopic (exact) mass is 425 g/mol. The molecule has 0 spiro atoms. The van der Waals surface area contributed by atoms with Crippen LogP contribution in [-0.4, -0.2) is 25.0 Å². The third-order valence-electron chi connectivity index (χ3n) is 4.60. The second-order valence-electron chi connectivity index (χ2n) is 8.06. The Morgan fingerprint density at radius 1 is 0.871 bits per heavy atom. The summed E-state index contributed by atoms with van der Waals surface area (Å²) >= 11 is 0. The molecule has 2 aromatic carbocycles. The summed E-state index contributed by atoms with van der Waals surface area (Å²) in [6.07, 6.45) is 5.13. The van der Waals surface area contributed by atoms with Crippen LogP contribution in [0.1, 0.15) is 52.9 Å². The van der Waals surface area contributed by atoms with E-state index in [0.29, 0.717) is 24.6 Å². The molecule has 0 aliphatic carbocycles. The number of hydrogen-bond acceptors (Lipinski definition) is 4. The van der Waals surface area contributed by atoms with Crippen molar-refractivity contribution in [1.82, 2.24) is 0 Å². The van der Waals surface area contributed by atoms with Crippen molar-refractivity contribution < 1.29 is 14.3 Å². The van der Waals surface area contributed by atoms with Gasteiger partial charge in [0.2, 0.25) is 11.8 Å². The van der Waals surface area contributed by atoms with Crippen molar-refractivity contribution in [3.8, 4) is 5.75 Å². The van der Waals surface area contributed by atoms with E-state index in [1.54, 1.807) is 0 Å². The molecule has 0 unspecified atom stereocenters. The number of benzene rings is 2. The minimum Gasteiger partial charge on any atom is -0.494 e. The normalized spacial score (nSPS) is 10.6. The third-order valence-corrected chi connectivity index (χ3v) is 4.60. The van der Waals surface area contributed by atoms with Crippen LogP contribution in [0.3, 0.4) is 0 Å². The van der Waals surface area contributed by atoms with Crippen LogP contribution in [0.15, 0.2) is 48.5 Å². The maximum atomic E-state index is 12.3. The number of rotatable bonds is 13. The number of amides is 2. The Balaban J connectivity index is 1.75. The summed E-state index contributed by atoms with van der Waals surface area (Å²) in [6, 6.07) is 14.8. The van der Waals surface area contributed by atoms with Gasteiger partial charge in [-0.05, 0) is 48.7 Å². The summed E-state index contributed by atoms with van der Waals surface area (Å²) in [5.74, 6) is 0.937. The van der Waals surface area contributed by atoms with Crippen LogP contribution in [-0.2, 0) is 9.59 Å². The summed E-state index contributed by atoms with van der Waals surface area (Å²) < 4.78 is 5.77. The first-order valence-electron chi connectivity index (χ1n) is 11.1. The third kappa shape index (κ3) is 10.0. The van der Waals surface area contributed by atoms with Crippen molar-refractivity contribution >= 4 is 28.9 Å². The van der Waals surface area contributed by atoms with E-state index >= 15 is 0 Å². The molecule has 0 radical (unpaired) electrons. The van der Waals surface area contributed by atoms with Crippen molar-refractivity contribution in [2.24, 2.45) is 5.92 Å². The van der Waals surface area contributed by atoms with Gasteiger partial charge < -0.3 is 20.7 Å². The van der Waals surface area contributed by atoms with Crippen LogP contribution >= 0.6 is 0 Å². The number of hydrogen-bond donors (Lipinski definition) is 3. The van der Waals surface area contributed by atoms with Crippen LogP contribution in [0.25, 0.3) is 0 Å². The molecule has 0 fully saturated rings. The highest BCUT2D eigenvalue weighted by molar-refractivity contribution is 5.94. The van der Waals surface area contributed by atoms with E-state index in [1.807, 2.05) is 62.4 Å². The van der Waals surface area contributed by atoms with Gasteiger partial charge in [0.25, 0.3) is 0 Å². The van der Waals surface area contributed by atoms with Crippen molar-refractivity contribution in [2.75, 3.05) is 29.1 Å². The highest BCUT2D eigenvalue weighted by atomic mass is 16.5. The average molecular weight is 426 g/mol. The molecule has 0 aliphatic rings. The second-order valence-corrected chi connectivity index (χ2v) is 8.06. The van der Waals surface area contributed by atoms with Gasteiger partial charge in [-0.1, -0.05) is 46.1 Å². The number of carbonyl (C=O) groups is 2. The predicted molar refractivity (Wildman–Crippen MR) is 128 cm³/mol. The molecule has 2 rings (SSSR count). The van der Waals surface area contributed by atoms with Gasteiger partial charge >= 0.3 is 0 Å². The van der Waals surface area contributed by atoms with E-state index in [9.17, 15) is 9.59 Å². The predicted octanol–water partition coefficient (Wildman–Crippen LogP) is 5.68. The zero-order chi connectivity index (χ0) is 22.5. The quantitative estimate of drug-likeness (QED) is 0.361. The van der Waals surface area contributed by atoms with E-state index in [0.717, 1.165) is 23.5 Å². The molecule has 2 amide bonds. The molecule has 0 saturated carbocycles. The van der Waals surface area contributed by atoms with Crippen LogP contribution in [0.2, 0.25) is 0 Å². The molecule has 6 heteroatoms. The fraction of sp³-hybridized carbons (Fsp3) is 0.440. The second kappa shape index (κ2) is 13.3. The number of anilines is 3. The molecule has 31 heavy (non-hydrogen) atoms. The summed E-state index contributed by atoms with van der Waals surface area (Å²) in [7, 11) is 0. The summed E-state index contributed by atoms with van der Waals surface area (Å²) in [6.45, 7) is 7.03. The average Bonchev–Trinajstić information content (AvgIpc) is 2.73. The summed E-state index contributed by atoms with van der Waals surface area (Å²) in [4.78, 5) is 24.1. The van der Waals surface area contributed by atoms with Crippen molar-refractivity contribution in [2.45, 2.75) is 52.9 Å². The lowest BCUT2D eigenvalue weighted by atomic mass is 10.1. The van der Waals surface area contributed by atoms with Crippen molar-refractivity contribution in [3.05, 3.63) is 48.5 Å². The van der Waals surface area contributed by atoms with E-state index in [1.165, 1.54) is 19.3 Å². The Bertz CT molecular complexity index is 819. The first kappa shape index (κ1) is 24.3. The van der Waals surface area contributed by atoms with E-state index < -0.39 is 0 Å². The Hall–Kier alpha value is -3.02. The van der Waals surface area contributed by atoms with Gasteiger partial charge in [-0.2, -0.15) is 0 Å². The lowest BCUT2D eigenvalue weighted by Gasteiger charge is -2.11. The smallest absolute Gasteiger partial charge is 0.243 e. The van der Waals surface area contributed by atoms with E-state index in [-0.39, 0.29) is 18.4 Å². The lowest BCUT2D eigenvalue weighted by Crippen LogP contribution is -2.21. The Kier molecular flexibility index (Phi) is 10.4. The maximum Gasteiger partial charge on any atom is 0.243 e. The Labute approximate surface area is 185 Å².